The van der Waals surface area contributed by atoms with E-state index in [9.17, 15) is 13.2 Å². The Kier molecular flexibility index (Phi) is 4.25. The molecule has 0 fully saturated rings. The summed E-state index contributed by atoms with van der Waals surface area (Å²) in [7, 11) is 0. The van der Waals surface area contributed by atoms with E-state index >= 15 is 0 Å². The summed E-state index contributed by atoms with van der Waals surface area (Å²) in [5.41, 5.74) is 5.25. The molecule has 0 saturated heterocycles. The van der Waals surface area contributed by atoms with Crippen LogP contribution in [0.2, 0.25) is 0 Å². The van der Waals surface area contributed by atoms with Crippen LogP contribution in [0.15, 0.2) is 30.6 Å². The molecule has 0 aromatic carbocycles. The first-order valence-electron chi connectivity index (χ1n) is 6.25. The van der Waals surface area contributed by atoms with Crippen LogP contribution in [0.5, 0.6) is 0 Å². The summed E-state index contributed by atoms with van der Waals surface area (Å²) in [6, 6.07) is 4.48. The van der Waals surface area contributed by atoms with Crippen molar-refractivity contribution < 1.29 is 13.2 Å². The van der Waals surface area contributed by atoms with E-state index in [0.717, 1.165) is 11.6 Å². The third kappa shape index (κ3) is 3.80. The van der Waals surface area contributed by atoms with E-state index < -0.39 is 17.8 Å². The Hall–Kier alpha value is -2.38. The lowest BCUT2D eigenvalue weighted by atomic mass is 10.2. The van der Waals surface area contributed by atoms with Gasteiger partial charge in [-0.05, 0) is 24.6 Å². The molecule has 2 heterocycles. The van der Waals surface area contributed by atoms with Gasteiger partial charge in [0.1, 0.15) is 5.82 Å². The van der Waals surface area contributed by atoms with Crippen LogP contribution < -0.4 is 10.6 Å². The van der Waals surface area contributed by atoms with E-state index in [2.05, 4.69) is 15.0 Å². The molecule has 0 atom stereocenters. The molecule has 8 heteroatoms. The summed E-state index contributed by atoms with van der Waals surface area (Å²) < 4.78 is 38.3. The van der Waals surface area contributed by atoms with Crippen molar-refractivity contribution in [1.82, 2.24) is 15.0 Å². The molecule has 2 aromatic heterocycles. The van der Waals surface area contributed by atoms with Crippen molar-refractivity contribution in [3.05, 3.63) is 41.9 Å². The van der Waals surface area contributed by atoms with Crippen LogP contribution in [0.25, 0.3) is 0 Å². The zero-order chi connectivity index (χ0) is 15.5. The molecule has 112 valence electrons. The van der Waals surface area contributed by atoms with E-state index in [0.29, 0.717) is 13.1 Å². The predicted molar refractivity (Wildman–Crippen MR) is 72.4 cm³/mol. The Balaban J connectivity index is 2.32. The Labute approximate surface area is 119 Å². The smallest absolute Gasteiger partial charge is 0.368 e. The highest BCUT2D eigenvalue weighted by Gasteiger charge is 2.34. The lowest BCUT2D eigenvalue weighted by Crippen LogP contribution is -2.24. The first-order chi connectivity index (χ1) is 9.90. The molecule has 2 aromatic rings. The molecule has 0 spiro atoms. The number of hydrogen-bond acceptors (Lipinski definition) is 5. The van der Waals surface area contributed by atoms with Crippen molar-refractivity contribution in [1.29, 1.82) is 0 Å². The topological polar surface area (TPSA) is 67.9 Å². The largest absolute Gasteiger partial charge is 0.433 e. The van der Waals surface area contributed by atoms with Crippen LogP contribution in [-0.2, 0) is 12.7 Å². The maximum atomic E-state index is 12.8. The number of alkyl halides is 3. The number of nitrogens with zero attached hydrogens (tertiary/aromatic N) is 4. The molecule has 21 heavy (non-hydrogen) atoms. The van der Waals surface area contributed by atoms with Gasteiger partial charge in [0.25, 0.3) is 0 Å². The summed E-state index contributed by atoms with van der Waals surface area (Å²) in [5.74, 6) is -0.248. The standard InChI is InChI=1S/C13H14F3N5/c1-2-21(8-9-3-5-18-6-4-9)11-7-10(13(14,15)16)19-12(17)20-11/h3-7H,2,8H2,1H3,(H2,17,19,20). The second-order valence-corrected chi connectivity index (χ2v) is 4.34. The molecular weight excluding hydrogens is 283 g/mol. The number of halogens is 3. The predicted octanol–water partition coefficient (Wildman–Crippen LogP) is 2.50. The van der Waals surface area contributed by atoms with Gasteiger partial charge in [-0.3, -0.25) is 4.98 Å². The van der Waals surface area contributed by atoms with Gasteiger partial charge >= 0.3 is 6.18 Å². The average molecular weight is 297 g/mol. The monoisotopic (exact) mass is 297 g/mol. The van der Waals surface area contributed by atoms with Crippen LogP contribution in [0.1, 0.15) is 18.2 Å². The zero-order valence-electron chi connectivity index (χ0n) is 11.3. The number of anilines is 2. The van der Waals surface area contributed by atoms with Crippen LogP contribution in [0.4, 0.5) is 24.9 Å². The molecule has 0 saturated carbocycles. The van der Waals surface area contributed by atoms with E-state index in [1.165, 1.54) is 0 Å². The number of nitrogens with two attached hydrogens (primary N) is 1. The Bertz CT molecular complexity index is 601. The number of nitrogen functional groups attached to an aromatic ring is 1. The molecule has 0 radical (unpaired) electrons. The van der Waals surface area contributed by atoms with Crippen LogP contribution in [0.3, 0.4) is 0 Å². The van der Waals surface area contributed by atoms with Gasteiger partial charge in [-0.25, -0.2) is 4.98 Å². The number of aromatic nitrogens is 3. The zero-order valence-corrected chi connectivity index (χ0v) is 11.3. The van der Waals surface area contributed by atoms with Crippen molar-refractivity contribution in [3.63, 3.8) is 0 Å². The van der Waals surface area contributed by atoms with Crippen LogP contribution in [0, 0.1) is 0 Å². The summed E-state index contributed by atoms with van der Waals surface area (Å²) in [5, 5.41) is 0. The SMILES string of the molecule is CCN(Cc1ccncc1)c1cc(C(F)(F)F)nc(N)n1. The lowest BCUT2D eigenvalue weighted by Gasteiger charge is -2.23. The molecule has 0 unspecified atom stereocenters. The van der Waals surface area contributed by atoms with E-state index in [1.54, 1.807) is 29.4 Å². The molecule has 0 bridgehead atoms. The second-order valence-electron chi connectivity index (χ2n) is 4.34. The quantitative estimate of drug-likeness (QED) is 0.939. The third-order valence-electron chi connectivity index (χ3n) is 2.85. The first-order valence-corrected chi connectivity index (χ1v) is 6.25. The Morgan fingerprint density at radius 3 is 2.43 bits per heavy atom. The van der Waals surface area contributed by atoms with Gasteiger partial charge in [0, 0.05) is 31.5 Å². The Morgan fingerprint density at radius 1 is 1.19 bits per heavy atom. The van der Waals surface area contributed by atoms with E-state index in [1.807, 2.05) is 6.92 Å². The minimum Gasteiger partial charge on any atom is -0.368 e. The molecule has 0 aliphatic carbocycles. The minimum absolute atomic E-state index is 0.147. The highest BCUT2D eigenvalue weighted by molar-refractivity contribution is 5.44. The summed E-state index contributed by atoms with van der Waals surface area (Å²) in [6.07, 6.45) is -1.31. The van der Waals surface area contributed by atoms with Crippen molar-refractivity contribution in [2.45, 2.75) is 19.6 Å². The second kappa shape index (κ2) is 5.94. The minimum atomic E-state index is -4.55. The molecule has 0 amide bonds. The van der Waals surface area contributed by atoms with Crippen molar-refractivity contribution >= 4 is 11.8 Å². The summed E-state index contributed by atoms with van der Waals surface area (Å²) >= 11 is 0. The molecule has 0 aliphatic rings. The summed E-state index contributed by atoms with van der Waals surface area (Å²) in [4.78, 5) is 12.7. The van der Waals surface area contributed by atoms with Crippen LogP contribution >= 0.6 is 0 Å². The maximum absolute atomic E-state index is 12.8. The van der Waals surface area contributed by atoms with Crippen molar-refractivity contribution in [2.75, 3.05) is 17.2 Å². The van der Waals surface area contributed by atoms with Gasteiger partial charge in [0.2, 0.25) is 5.95 Å². The van der Waals surface area contributed by atoms with Crippen molar-refractivity contribution in [3.8, 4) is 0 Å². The fourth-order valence-corrected chi connectivity index (χ4v) is 1.82. The fraction of sp³-hybridized carbons (Fsp3) is 0.308. The van der Waals surface area contributed by atoms with E-state index in [-0.39, 0.29) is 5.82 Å². The molecular formula is C13H14F3N5. The van der Waals surface area contributed by atoms with Gasteiger partial charge in [0.05, 0.1) is 0 Å². The fourth-order valence-electron chi connectivity index (χ4n) is 1.82. The third-order valence-corrected chi connectivity index (χ3v) is 2.85. The highest BCUT2D eigenvalue weighted by atomic mass is 19.4. The maximum Gasteiger partial charge on any atom is 0.433 e. The lowest BCUT2D eigenvalue weighted by molar-refractivity contribution is -0.141. The van der Waals surface area contributed by atoms with Crippen LogP contribution in [-0.4, -0.2) is 21.5 Å². The van der Waals surface area contributed by atoms with Gasteiger partial charge in [-0.15, -0.1) is 0 Å². The highest BCUT2D eigenvalue weighted by Crippen LogP contribution is 2.30. The number of hydrogen-bond donors (Lipinski definition) is 1. The first kappa shape index (κ1) is 15.0. The number of rotatable bonds is 4. The molecule has 0 aliphatic heterocycles. The Morgan fingerprint density at radius 2 is 1.86 bits per heavy atom. The van der Waals surface area contributed by atoms with Gasteiger partial charge in [-0.1, -0.05) is 0 Å². The van der Waals surface area contributed by atoms with Crippen molar-refractivity contribution in [2.24, 2.45) is 0 Å². The van der Waals surface area contributed by atoms with Gasteiger partial charge in [0.15, 0.2) is 5.69 Å². The van der Waals surface area contributed by atoms with Gasteiger partial charge < -0.3 is 10.6 Å². The molecule has 2 rings (SSSR count). The molecule has 2 N–H and O–H groups in total. The number of pyridine rings is 1. The average Bonchev–Trinajstić information content (AvgIpc) is 2.44. The van der Waals surface area contributed by atoms with E-state index in [4.69, 9.17) is 5.73 Å². The van der Waals surface area contributed by atoms with Gasteiger partial charge in [-0.2, -0.15) is 18.2 Å². The molecule has 5 nitrogen and oxygen atoms in total. The summed E-state index contributed by atoms with van der Waals surface area (Å²) in [6.45, 7) is 2.72. The normalized spacial score (nSPS) is 11.4.